The highest BCUT2D eigenvalue weighted by Gasteiger charge is 2.20. The smallest absolute Gasteiger partial charge is 0.275 e. The summed E-state index contributed by atoms with van der Waals surface area (Å²) in [5.41, 5.74) is 1.48. The zero-order valence-electron chi connectivity index (χ0n) is 11.3. The Hall–Kier alpha value is -1.55. The van der Waals surface area contributed by atoms with Gasteiger partial charge in [-0.05, 0) is 12.5 Å². The molecular weight excluding hydrogens is 262 g/mol. The molecule has 0 atom stereocenters. The zero-order valence-corrected chi connectivity index (χ0v) is 12.0. The van der Waals surface area contributed by atoms with Crippen molar-refractivity contribution in [2.45, 2.75) is 13.3 Å². The molecule has 0 aliphatic carbocycles. The van der Waals surface area contributed by atoms with Crippen LogP contribution in [0.15, 0.2) is 24.3 Å². The number of alkyl halides is 1. The molecule has 102 valence electrons. The maximum Gasteiger partial charge on any atom is 0.275 e. The number of rotatable bonds is 5. The van der Waals surface area contributed by atoms with Crippen molar-refractivity contribution in [3.05, 3.63) is 30.0 Å². The number of benzene rings is 1. The summed E-state index contributed by atoms with van der Waals surface area (Å²) in [7, 11) is 1.85. The standard InChI is InChI=1S/C14H18ClN3O/c1-3-9-18(10-8-15)14(19)13-11-6-4-5-7-12(11)17(2)16-13/h4-7H,3,8-10H2,1-2H3. The molecule has 0 bridgehead atoms. The number of nitrogens with zero attached hydrogens (tertiary/aromatic N) is 3. The lowest BCUT2D eigenvalue weighted by Gasteiger charge is -2.19. The SMILES string of the molecule is CCCN(CCCl)C(=O)c1nn(C)c2ccccc12. The van der Waals surface area contributed by atoms with E-state index < -0.39 is 0 Å². The third-order valence-electron chi connectivity index (χ3n) is 3.10. The second-order valence-electron chi connectivity index (χ2n) is 4.47. The van der Waals surface area contributed by atoms with Crippen LogP contribution in [0, 0.1) is 0 Å². The minimum Gasteiger partial charge on any atom is -0.336 e. The average Bonchev–Trinajstić information content (AvgIpc) is 2.76. The van der Waals surface area contributed by atoms with E-state index >= 15 is 0 Å². The number of para-hydroxylation sites is 1. The number of hydrogen-bond donors (Lipinski definition) is 0. The molecule has 1 aromatic heterocycles. The first-order valence-electron chi connectivity index (χ1n) is 6.46. The van der Waals surface area contributed by atoms with Gasteiger partial charge in [0.1, 0.15) is 0 Å². The van der Waals surface area contributed by atoms with Gasteiger partial charge in [-0.2, -0.15) is 5.10 Å². The van der Waals surface area contributed by atoms with E-state index in [2.05, 4.69) is 5.10 Å². The van der Waals surface area contributed by atoms with E-state index in [1.165, 1.54) is 0 Å². The third kappa shape index (κ3) is 2.73. The van der Waals surface area contributed by atoms with E-state index in [9.17, 15) is 4.79 Å². The van der Waals surface area contributed by atoms with Crippen LogP contribution in [0.5, 0.6) is 0 Å². The number of carbonyl (C=O) groups is 1. The highest BCUT2D eigenvalue weighted by molar-refractivity contribution is 6.18. The van der Waals surface area contributed by atoms with Crippen LogP contribution in [0.25, 0.3) is 10.9 Å². The third-order valence-corrected chi connectivity index (χ3v) is 3.26. The van der Waals surface area contributed by atoms with Crippen LogP contribution in [-0.4, -0.2) is 39.6 Å². The molecule has 0 radical (unpaired) electrons. The van der Waals surface area contributed by atoms with Gasteiger partial charge in [0.25, 0.3) is 5.91 Å². The maximum absolute atomic E-state index is 12.5. The Bertz CT molecular complexity index is 573. The van der Waals surface area contributed by atoms with E-state index in [1.807, 2.05) is 38.2 Å². The van der Waals surface area contributed by atoms with Gasteiger partial charge in [0.05, 0.1) is 5.52 Å². The number of carbonyl (C=O) groups excluding carboxylic acids is 1. The number of aromatic nitrogens is 2. The molecule has 2 aromatic rings. The normalized spacial score (nSPS) is 10.9. The summed E-state index contributed by atoms with van der Waals surface area (Å²) in [6.07, 6.45) is 0.910. The molecule has 0 unspecified atom stereocenters. The van der Waals surface area contributed by atoms with Crippen LogP contribution in [0.4, 0.5) is 0 Å². The van der Waals surface area contributed by atoms with Gasteiger partial charge in [-0.25, -0.2) is 0 Å². The first-order valence-corrected chi connectivity index (χ1v) is 6.99. The van der Waals surface area contributed by atoms with E-state index in [-0.39, 0.29) is 5.91 Å². The molecule has 0 saturated carbocycles. The lowest BCUT2D eigenvalue weighted by Crippen LogP contribution is -2.33. The fraction of sp³-hybridized carbons (Fsp3) is 0.429. The molecule has 0 N–H and O–H groups in total. The molecule has 2 rings (SSSR count). The van der Waals surface area contributed by atoms with E-state index in [0.717, 1.165) is 17.3 Å². The highest BCUT2D eigenvalue weighted by atomic mass is 35.5. The Morgan fingerprint density at radius 1 is 1.37 bits per heavy atom. The number of aryl methyl sites for hydroxylation is 1. The summed E-state index contributed by atoms with van der Waals surface area (Å²) in [4.78, 5) is 14.3. The van der Waals surface area contributed by atoms with E-state index in [4.69, 9.17) is 11.6 Å². The van der Waals surface area contributed by atoms with Crippen LogP contribution in [0.3, 0.4) is 0 Å². The first-order chi connectivity index (χ1) is 9.19. The van der Waals surface area contributed by atoms with Gasteiger partial charge in [0.15, 0.2) is 5.69 Å². The van der Waals surface area contributed by atoms with Gasteiger partial charge in [-0.3, -0.25) is 9.48 Å². The molecule has 0 aliphatic rings. The number of fused-ring (bicyclic) bond motifs is 1. The molecule has 4 nitrogen and oxygen atoms in total. The monoisotopic (exact) mass is 279 g/mol. The fourth-order valence-corrected chi connectivity index (χ4v) is 2.41. The molecule has 0 spiro atoms. The zero-order chi connectivity index (χ0) is 13.8. The topological polar surface area (TPSA) is 38.1 Å². The average molecular weight is 280 g/mol. The molecule has 5 heteroatoms. The molecule has 0 fully saturated rings. The molecule has 19 heavy (non-hydrogen) atoms. The van der Waals surface area contributed by atoms with Crippen LogP contribution in [0.2, 0.25) is 0 Å². The van der Waals surface area contributed by atoms with Crippen molar-refractivity contribution >= 4 is 28.4 Å². The van der Waals surface area contributed by atoms with Gasteiger partial charge < -0.3 is 4.90 Å². The fourth-order valence-electron chi connectivity index (χ4n) is 2.21. The summed E-state index contributed by atoms with van der Waals surface area (Å²) >= 11 is 5.77. The van der Waals surface area contributed by atoms with Crippen molar-refractivity contribution in [2.75, 3.05) is 19.0 Å². The Morgan fingerprint density at radius 3 is 2.79 bits per heavy atom. The summed E-state index contributed by atoms with van der Waals surface area (Å²) in [5.74, 6) is 0.399. The largest absolute Gasteiger partial charge is 0.336 e. The van der Waals surface area contributed by atoms with Gasteiger partial charge >= 0.3 is 0 Å². The molecule has 0 aliphatic heterocycles. The minimum atomic E-state index is -0.0423. The minimum absolute atomic E-state index is 0.0423. The lowest BCUT2D eigenvalue weighted by atomic mass is 10.2. The summed E-state index contributed by atoms with van der Waals surface area (Å²) in [5, 5.41) is 5.25. The quantitative estimate of drug-likeness (QED) is 0.789. The molecule has 1 amide bonds. The number of hydrogen-bond acceptors (Lipinski definition) is 2. The predicted molar refractivity (Wildman–Crippen MR) is 77.6 cm³/mol. The molecule has 1 heterocycles. The molecular formula is C14H18ClN3O. The van der Waals surface area contributed by atoms with Crippen LogP contribution in [0.1, 0.15) is 23.8 Å². The van der Waals surface area contributed by atoms with E-state index in [0.29, 0.717) is 24.7 Å². The van der Waals surface area contributed by atoms with Crippen molar-refractivity contribution in [3.8, 4) is 0 Å². The lowest BCUT2D eigenvalue weighted by molar-refractivity contribution is 0.0760. The Morgan fingerprint density at radius 2 is 2.11 bits per heavy atom. The van der Waals surface area contributed by atoms with Crippen molar-refractivity contribution in [2.24, 2.45) is 7.05 Å². The Balaban J connectivity index is 2.40. The van der Waals surface area contributed by atoms with Gasteiger partial charge in [-0.1, -0.05) is 25.1 Å². The van der Waals surface area contributed by atoms with Crippen molar-refractivity contribution in [1.29, 1.82) is 0 Å². The first kappa shape index (κ1) is 13.9. The van der Waals surface area contributed by atoms with Crippen LogP contribution < -0.4 is 0 Å². The van der Waals surface area contributed by atoms with E-state index in [1.54, 1.807) is 9.58 Å². The second-order valence-corrected chi connectivity index (χ2v) is 4.85. The predicted octanol–water partition coefficient (Wildman–Crippen LogP) is 2.66. The molecule has 0 saturated heterocycles. The Labute approximate surface area is 117 Å². The number of amides is 1. The maximum atomic E-state index is 12.5. The van der Waals surface area contributed by atoms with Crippen LogP contribution in [-0.2, 0) is 7.05 Å². The molecule has 1 aromatic carbocycles. The van der Waals surface area contributed by atoms with Gasteiger partial charge in [-0.15, -0.1) is 11.6 Å². The van der Waals surface area contributed by atoms with Gasteiger partial charge in [0.2, 0.25) is 0 Å². The summed E-state index contributed by atoms with van der Waals surface area (Å²) in [6.45, 7) is 3.31. The summed E-state index contributed by atoms with van der Waals surface area (Å²) < 4.78 is 1.74. The second kappa shape index (κ2) is 6.06. The Kier molecular flexibility index (Phi) is 4.43. The van der Waals surface area contributed by atoms with Crippen molar-refractivity contribution in [1.82, 2.24) is 14.7 Å². The van der Waals surface area contributed by atoms with Crippen molar-refractivity contribution < 1.29 is 4.79 Å². The van der Waals surface area contributed by atoms with Crippen molar-refractivity contribution in [3.63, 3.8) is 0 Å². The highest BCUT2D eigenvalue weighted by Crippen LogP contribution is 2.19. The summed E-state index contributed by atoms with van der Waals surface area (Å²) in [6, 6.07) is 7.76. The van der Waals surface area contributed by atoms with Crippen LogP contribution >= 0.6 is 11.6 Å². The number of halogens is 1. The van der Waals surface area contributed by atoms with Gasteiger partial charge in [0, 0.05) is 31.4 Å².